The first kappa shape index (κ1) is 99.2. The number of hydrogen-bond acceptors (Lipinski definition) is 28. The smallest absolute Gasteiger partial charge is 0.348 e. The maximum Gasteiger partial charge on any atom is 0.348 e. The van der Waals surface area contributed by atoms with Gasteiger partial charge in [0, 0.05) is 54.8 Å². The molecule has 12 rings (SSSR count). The van der Waals surface area contributed by atoms with E-state index in [1.165, 1.54) is 114 Å². The third-order valence-electron chi connectivity index (χ3n) is 22.3. The van der Waals surface area contributed by atoms with Gasteiger partial charge in [-0.1, -0.05) is 50.2 Å². The topological polar surface area (TPSA) is 517 Å². The van der Waals surface area contributed by atoms with E-state index in [-0.39, 0.29) is 56.3 Å². The molecule has 0 saturated carbocycles. The summed E-state index contributed by atoms with van der Waals surface area (Å²) in [6.07, 6.45) is -14.8. The Morgan fingerprint density at radius 3 is 1.03 bits per heavy atom. The molecule has 6 aliphatic rings. The van der Waals surface area contributed by atoms with Crippen LogP contribution in [-0.2, 0) is 95.6 Å². The molecular formula is C82H85F12N11O25. The molecular weight excluding hydrogens is 1770 g/mol. The normalized spacial score (nSPS) is 27.1. The summed E-state index contributed by atoms with van der Waals surface area (Å²) in [7, 11) is 1.27. The number of carbonyl (C=O) groups is 12. The molecule has 9 heterocycles. The summed E-state index contributed by atoms with van der Waals surface area (Å²) in [5.41, 5.74) is -4.19. The first-order valence-corrected chi connectivity index (χ1v) is 39.7. The Morgan fingerprint density at radius 1 is 0.385 bits per heavy atom. The summed E-state index contributed by atoms with van der Waals surface area (Å²) in [6.45, 7) is 7.59. The van der Waals surface area contributed by atoms with E-state index in [0.29, 0.717) is 0 Å². The number of carbonyl (C=O) groups excluding carboxylic acids is 12. The predicted octanol–water partition coefficient (Wildman–Crippen LogP) is 1.50. The molecule has 6 saturated heterocycles. The van der Waals surface area contributed by atoms with Gasteiger partial charge in [0.15, 0.2) is 17.5 Å². The van der Waals surface area contributed by atoms with Gasteiger partial charge < -0.3 is 106 Å². The van der Waals surface area contributed by atoms with Gasteiger partial charge in [0.05, 0.1) is 116 Å². The number of nitrogens with one attached hydrogen (secondary N) is 7. The number of cyclic esters (lactones) is 4. The van der Waals surface area contributed by atoms with Gasteiger partial charge in [-0.25, -0.2) is 27.6 Å². The van der Waals surface area contributed by atoms with Gasteiger partial charge in [-0.3, -0.25) is 43.2 Å². The third-order valence-corrected chi connectivity index (χ3v) is 22.3. The number of rotatable bonds is 15. The highest BCUT2D eigenvalue weighted by Gasteiger charge is 2.50. The molecule has 0 spiro atoms. The van der Waals surface area contributed by atoms with Crippen LogP contribution in [0.5, 0.6) is 17.2 Å². The average Bonchev–Trinajstić information content (AvgIpc) is 0.787. The van der Waals surface area contributed by atoms with Crippen LogP contribution in [-0.4, -0.2) is 259 Å². The summed E-state index contributed by atoms with van der Waals surface area (Å²) < 4.78 is 206. The molecule has 702 valence electrons. The Labute approximate surface area is 727 Å². The highest BCUT2D eigenvalue weighted by atomic mass is 19.2. The molecule has 130 heavy (non-hydrogen) atoms. The number of esters is 4. The van der Waals surface area contributed by atoms with Crippen molar-refractivity contribution in [2.45, 2.75) is 152 Å². The van der Waals surface area contributed by atoms with Crippen LogP contribution in [0.2, 0.25) is 0 Å². The average molecular weight is 1850 g/mol. The Kier molecular flexibility index (Phi) is 32.5. The molecule has 6 fully saturated rings. The number of hydrogen-bond donors (Lipinski definition) is 13. The number of phenols is 3. The first-order chi connectivity index (χ1) is 61.3. The number of amides is 8. The van der Waals surface area contributed by atoms with E-state index >= 15 is 0 Å². The van der Waals surface area contributed by atoms with Crippen LogP contribution in [0.1, 0.15) is 89.3 Å². The van der Waals surface area contributed by atoms with Gasteiger partial charge in [0.1, 0.15) is 65.8 Å². The van der Waals surface area contributed by atoms with E-state index in [1.807, 2.05) is 0 Å². The summed E-state index contributed by atoms with van der Waals surface area (Å²) >= 11 is 0. The van der Waals surface area contributed by atoms with Crippen molar-refractivity contribution < 1.29 is 174 Å². The van der Waals surface area contributed by atoms with Gasteiger partial charge in [-0.2, -0.15) is 54.5 Å². The van der Waals surface area contributed by atoms with Crippen LogP contribution in [0.15, 0.2) is 72.8 Å². The van der Waals surface area contributed by atoms with Crippen LogP contribution < -0.4 is 37.2 Å². The van der Waals surface area contributed by atoms with Crippen molar-refractivity contribution in [2.24, 2.45) is 35.5 Å². The van der Waals surface area contributed by atoms with Gasteiger partial charge >= 0.3 is 23.9 Å². The lowest BCUT2D eigenvalue weighted by molar-refractivity contribution is -0.192. The number of aliphatic hydroxyl groups is 3. The Hall–Kier alpha value is -12.9. The zero-order valence-corrected chi connectivity index (χ0v) is 69.2. The molecule has 3 aromatic heterocycles. The third kappa shape index (κ3) is 22.5. The lowest BCUT2D eigenvalue weighted by Gasteiger charge is -2.41. The highest BCUT2D eigenvalue weighted by Crippen LogP contribution is 2.32. The standard InChI is InChI=1S/C28H30F4N4O8.C27H28F4N4O8.C27H27F4N3O9/c1-11-22(38)16(8-15-18(29)19(30)24(32)35-23(15)31)33-26(40)20(34-25(39)14-6-4-5-7-17(14)37)12(2)44-28(42)21(13-9-43-10-13)36(3)27(11)41;1-10-21(37)15(7-14-17(28)18(29)23(31)35-22(14)30)32-26(40)19(33-25(39)13-5-3-4-6-16(13)36)11(2)43-27(41)20(34-24(10)38)12-8-42-9-12;1-10-20(36)15(7-14-17(28)18(29)23(31)34-22(14)30)32-25(38)19(33-24(37)13-5-3-4-6-16(13)35)11(2)42-27(40)21(43-26(10)39)12-8-41-9-12/h4-7,11-13,16,20-22,37-38H,8-10H2,1-3H3,(H,33,40)(H,34,39);3-6,10-12,15,19-21,36-37H,7-9H2,1-2H3,(H,32,40)(H,33,39)(H,34,38);3-6,10-12,15,19-21,35-36H,7-9H2,1-2H3,(H,32,38)(H,33,37)/t11-,12-,16+,20+,21?,22+;10-,11-,15+,19+,20?,21+;10-,11-,15+,19+,20+,21?/m111/s1. The van der Waals surface area contributed by atoms with E-state index < -0.39 is 321 Å². The summed E-state index contributed by atoms with van der Waals surface area (Å²) in [6, 6.07) is 2.92. The van der Waals surface area contributed by atoms with E-state index in [0.717, 1.165) is 11.8 Å². The maximum absolute atomic E-state index is 14.6. The van der Waals surface area contributed by atoms with E-state index in [4.69, 9.17) is 33.2 Å². The number of aromatic nitrogens is 3. The second kappa shape index (κ2) is 42.5. The van der Waals surface area contributed by atoms with Crippen LogP contribution in [0.4, 0.5) is 52.7 Å². The van der Waals surface area contributed by atoms with Crippen LogP contribution in [0, 0.1) is 106 Å². The second-order valence-electron chi connectivity index (χ2n) is 31.2. The number of benzene rings is 3. The second-order valence-corrected chi connectivity index (χ2v) is 31.2. The molecule has 18 atom stereocenters. The van der Waals surface area contributed by atoms with Crippen molar-refractivity contribution in [3.8, 4) is 17.2 Å². The molecule has 0 radical (unpaired) electrons. The molecule has 48 heteroatoms. The molecule has 3 aromatic carbocycles. The molecule has 13 N–H and O–H groups in total. The van der Waals surface area contributed by atoms with Crippen molar-refractivity contribution in [1.29, 1.82) is 0 Å². The molecule has 6 aromatic rings. The monoisotopic (exact) mass is 1850 g/mol. The Morgan fingerprint density at radius 2 is 0.700 bits per heavy atom. The number of halogens is 12. The number of ether oxygens (including phenoxy) is 7. The maximum atomic E-state index is 14.6. The van der Waals surface area contributed by atoms with Gasteiger partial charge in [-0.15, -0.1) is 0 Å². The minimum atomic E-state index is -2.11. The fourth-order valence-electron chi connectivity index (χ4n) is 14.3. The van der Waals surface area contributed by atoms with Gasteiger partial charge in [-0.05, 0) is 64.1 Å². The van der Waals surface area contributed by atoms with Gasteiger partial charge in [0.2, 0.25) is 70.9 Å². The number of pyridine rings is 3. The van der Waals surface area contributed by atoms with Crippen molar-refractivity contribution in [2.75, 3.05) is 46.7 Å². The number of phenolic OH excluding ortho intramolecular Hbond substituents is 3. The highest BCUT2D eigenvalue weighted by molar-refractivity contribution is 6.02. The van der Waals surface area contributed by atoms with E-state index in [1.54, 1.807) is 0 Å². The number of aliphatic hydroxyl groups excluding tert-OH is 3. The zero-order chi connectivity index (χ0) is 95.6. The number of nitrogens with zero attached hydrogens (tertiary/aromatic N) is 4. The van der Waals surface area contributed by atoms with Crippen LogP contribution >= 0.6 is 0 Å². The Bertz CT molecular complexity index is 5110. The zero-order valence-electron chi connectivity index (χ0n) is 69.2. The summed E-state index contributed by atoms with van der Waals surface area (Å²) in [4.78, 5) is 168. The Balaban J connectivity index is 0.000000203. The molecule has 0 bridgehead atoms. The summed E-state index contributed by atoms with van der Waals surface area (Å²) in [5, 5.41) is 79.9. The van der Waals surface area contributed by atoms with Crippen molar-refractivity contribution in [1.82, 2.24) is 57.1 Å². The predicted molar refractivity (Wildman–Crippen MR) is 411 cm³/mol. The molecule has 6 aliphatic heterocycles. The molecule has 0 aliphatic carbocycles. The van der Waals surface area contributed by atoms with Gasteiger partial charge in [0.25, 0.3) is 35.6 Å². The number of likely N-dealkylation sites (N-methyl/N-ethyl adjacent to an activating group) is 1. The lowest BCUT2D eigenvalue weighted by atomic mass is 9.89. The van der Waals surface area contributed by atoms with Crippen molar-refractivity contribution in [3.05, 3.63) is 177 Å². The minimum Gasteiger partial charge on any atom is -0.507 e. The fourth-order valence-corrected chi connectivity index (χ4v) is 14.3. The minimum absolute atomic E-state index is 0.0105. The first-order valence-electron chi connectivity index (χ1n) is 39.7. The van der Waals surface area contributed by atoms with Crippen LogP contribution in [0.3, 0.4) is 0 Å². The quantitative estimate of drug-likeness (QED) is 0.0300. The molecule has 36 nitrogen and oxygen atoms in total. The van der Waals surface area contributed by atoms with E-state index in [2.05, 4.69) is 52.2 Å². The number of aromatic hydroxyl groups is 3. The van der Waals surface area contributed by atoms with Crippen molar-refractivity contribution >= 4 is 71.1 Å². The van der Waals surface area contributed by atoms with Crippen molar-refractivity contribution in [3.63, 3.8) is 0 Å². The number of para-hydroxylation sites is 3. The SMILES string of the molecule is C[C@H]1OC(=O)C(C2COC2)N(C)C(=O)[C@H](C)[C@H](O)[C@H](Cc2c(F)nc(F)c(F)c2F)NC(=O)[C@H]1NC(=O)c1ccccc1O.C[C@H]1OC(=O)C(C2COC2)NC(=O)[C@H](C)[C@H](O)[C@H](Cc2c(F)nc(F)c(F)c2F)NC(=O)[C@H]1NC(=O)c1ccccc1O.C[C@H]1OC(=O)C(C2COC2)OC(=O)[C@H](C)[C@H](O)[C@H](Cc2c(F)nc(F)c(F)c2F)NC(=O)[C@H]1NC(=O)c1ccccc1O. The largest absolute Gasteiger partial charge is 0.507 e. The lowest BCUT2D eigenvalue weighted by Crippen LogP contribution is -2.62. The molecule has 3 unspecified atom stereocenters. The van der Waals surface area contributed by atoms with E-state index in [9.17, 15) is 141 Å². The van der Waals surface area contributed by atoms with Crippen LogP contribution in [0.25, 0.3) is 0 Å². The summed E-state index contributed by atoms with van der Waals surface area (Å²) in [5.74, 6) is -43.4. The fraction of sp³-hybridized carbons (Fsp3) is 0.451. The molecule has 8 amide bonds.